The molecule has 0 aliphatic carbocycles. The zero-order valence-corrected chi connectivity index (χ0v) is 14.2. The number of carbonyl (C=O) groups is 2. The Balaban J connectivity index is 2.15. The standard InChI is InChI=1S/C19H17F3O4/c1-3-25-18(24)17-10-15(8-9-16(17)12(2)23)26-11-13-4-6-14(7-5-13)19(20,21)22/h4-10H,3,11H2,1-2H3. The molecule has 26 heavy (non-hydrogen) atoms. The lowest BCUT2D eigenvalue weighted by molar-refractivity contribution is -0.137. The van der Waals surface area contributed by atoms with E-state index in [1.54, 1.807) is 6.92 Å². The van der Waals surface area contributed by atoms with Crippen LogP contribution in [0.2, 0.25) is 0 Å². The lowest BCUT2D eigenvalue weighted by Gasteiger charge is -2.11. The number of hydrogen-bond donors (Lipinski definition) is 0. The first kappa shape index (κ1) is 19.5. The lowest BCUT2D eigenvalue weighted by Crippen LogP contribution is -2.11. The zero-order chi connectivity index (χ0) is 19.3. The molecule has 0 N–H and O–H groups in total. The molecule has 0 heterocycles. The van der Waals surface area contributed by atoms with Crippen molar-refractivity contribution in [3.05, 3.63) is 64.7 Å². The van der Waals surface area contributed by atoms with Crippen LogP contribution in [0.5, 0.6) is 5.75 Å². The van der Waals surface area contributed by atoms with Crippen molar-refractivity contribution in [2.24, 2.45) is 0 Å². The number of ketones is 1. The van der Waals surface area contributed by atoms with E-state index in [4.69, 9.17) is 9.47 Å². The van der Waals surface area contributed by atoms with Crippen molar-refractivity contribution in [1.29, 1.82) is 0 Å². The van der Waals surface area contributed by atoms with Gasteiger partial charge in [0.2, 0.25) is 0 Å². The van der Waals surface area contributed by atoms with Gasteiger partial charge in [-0.25, -0.2) is 4.79 Å². The molecule has 0 atom stereocenters. The molecular formula is C19H17F3O4. The van der Waals surface area contributed by atoms with Gasteiger partial charge in [-0.2, -0.15) is 13.2 Å². The fourth-order valence-corrected chi connectivity index (χ4v) is 2.25. The number of hydrogen-bond acceptors (Lipinski definition) is 4. The number of rotatable bonds is 6. The zero-order valence-electron chi connectivity index (χ0n) is 14.2. The molecule has 0 aliphatic rings. The van der Waals surface area contributed by atoms with Gasteiger partial charge in [-0.05, 0) is 49.7 Å². The fraction of sp³-hybridized carbons (Fsp3) is 0.263. The highest BCUT2D eigenvalue weighted by atomic mass is 19.4. The van der Waals surface area contributed by atoms with Crippen LogP contribution < -0.4 is 4.74 Å². The van der Waals surface area contributed by atoms with Crippen LogP contribution in [0.4, 0.5) is 13.2 Å². The van der Waals surface area contributed by atoms with Crippen LogP contribution in [0, 0.1) is 0 Å². The van der Waals surface area contributed by atoms with Gasteiger partial charge in [0, 0.05) is 5.56 Å². The summed E-state index contributed by atoms with van der Waals surface area (Å²) in [5.41, 5.74) is 0.0950. The van der Waals surface area contributed by atoms with E-state index < -0.39 is 17.7 Å². The van der Waals surface area contributed by atoms with Crippen LogP contribution in [0.25, 0.3) is 0 Å². The largest absolute Gasteiger partial charge is 0.489 e. The van der Waals surface area contributed by atoms with Crippen molar-refractivity contribution >= 4 is 11.8 Å². The molecule has 0 bridgehead atoms. The minimum atomic E-state index is -4.39. The topological polar surface area (TPSA) is 52.6 Å². The van der Waals surface area contributed by atoms with Crippen LogP contribution in [0.1, 0.15) is 45.7 Å². The van der Waals surface area contributed by atoms with Gasteiger partial charge in [-0.15, -0.1) is 0 Å². The van der Waals surface area contributed by atoms with E-state index in [-0.39, 0.29) is 30.1 Å². The van der Waals surface area contributed by atoms with Gasteiger partial charge in [0.1, 0.15) is 12.4 Å². The first-order valence-corrected chi connectivity index (χ1v) is 7.83. The van der Waals surface area contributed by atoms with Crippen LogP contribution >= 0.6 is 0 Å². The van der Waals surface area contributed by atoms with Gasteiger partial charge < -0.3 is 9.47 Å². The highest BCUT2D eigenvalue weighted by Crippen LogP contribution is 2.29. The summed E-state index contributed by atoms with van der Waals surface area (Å²) >= 11 is 0. The average Bonchev–Trinajstić information content (AvgIpc) is 2.59. The predicted molar refractivity (Wildman–Crippen MR) is 88.2 cm³/mol. The van der Waals surface area contributed by atoms with E-state index in [1.165, 1.54) is 37.3 Å². The van der Waals surface area contributed by atoms with Crippen LogP contribution in [0.3, 0.4) is 0 Å². The third-order valence-electron chi connectivity index (χ3n) is 3.55. The second kappa shape index (κ2) is 8.03. The van der Waals surface area contributed by atoms with Crippen LogP contribution in [-0.2, 0) is 17.5 Å². The van der Waals surface area contributed by atoms with Crippen molar-refractivity contribution < 1.29 is 32.2 Å². The van der Waals surface area contributed by atoms with Gasteiger partial charge in [0.05, 0.1) is 17.7 Å². The number of ether oxygens (including phenoxy) is 2. The first-order chi connectivity index (χ1) is 12.2. The molecule has 0 saturated heterocycles. The predicted octanol–water partition coefficient (Wildman–Crippen LogP) is 4.66. The van der Waals surface area contributed by atoms with Crippen LogP contribution in [-0.4, -0.2) is 18.4 Å². The number of Topliss-reactive ketones (excluding diaryl/α,β-unsaturated/α-hetero) is 1. The Morgan fingerprint density at radius 2 is 1.65 bits per heavy atom. The number of halogens is 3. The van der Waals surface area contributed by atoms with Crippen molar-refractivity contribution in [2.45, 2.75) is 26.6 Å². The highest BCUT2D eigenvalue weighted by molar-refractivity contribution is 6.05. The Morgan fingerprint density at radius 3 is 2.19 bits per heavy atom. The molecule has 0 amide bonds. The second-order valence-corrected chi connectivity index (χ2v) is 5.47. The Kier molecular flexibility index (Phi) is 6.02. The molecule has 0 unspecified atom stereocenters. The maximum atomic E-state index is 12.6. The van der Waals surface area contributed by atoms with Crippen molar-refractivity contribution in [3.8, 4) is 5.75 Å². The number of alkyl halides is 3. The van der Waals surface area contributed by atoms with E-state index >= 15 is 0 Å². The molecule has 0 aromatic heterocycles. The first-order valence-electron chi connectivity index (χ1n) is 7.83. The van der Waals surface area contributed by atoms with Gasteiger partial charge >= 0.3 is 12.1 Å². The monoisotopic (exact) mass is 366 g/mol. The Hall–Kier alpha value is -2.83. The van der Waals surface area contributed by atoms with Crippen molar-refractivity contribution in [1.82, 2.24) is 0 Å². The number of esters is 1. The molecule has 0 fully saturated rings. The van der Waals surface area contributed by atoms with Gasteiger partial charge in [-0.3, -0.25) is 4.79 Å². The molecule has 2 aromatic carbocycles. The van der Waals surface area contributed by atoms with E-state index in [0.29, 0.717) is 11.3 Å². The summed E-state index contributed by atoms with van der Waals surface area (Å²) in [6.45, 7) is 3.16. The maximum absolute atomic E-state index is 12.6. The van der Waals surface area contributed by atoms with E-state index in [2.05, 4.69) is 0 Å². The summed E-state index contributed by atoms with van der Waals surface area (Å²) in [6, 6.07) is 8.94. The SMILES string of the molecule is CCOC(=O)c1cc(OCc2ccc(C(F)(F)F)cc2)ccc1C(C)=O. The summed E-state index contributed by atoms with van der Waals surface area (Å²) in [4.78, 5) is 23.6. The third kappa shape index (κ3) is 4.84. The Bertz CT molecular complexity index is 795. The molecule has 2 aromatic rings. The summed E-state index contributed by atoms with van der Waals surface area (Å²) in [6.07, 6.45) is -4.39. The number of benzene rings is 2. The van der Waals surface area contributed by atoms with Gasteiger partial charge in [-0.1, -0.05) is 12.1 Å². The molecule has 4 nitrogen and oxygen atoms in total. The van der Waals surface area contributed by atoms with Gasteiger partial charge in [0.15, 0.2) is 5.78 Å². The molecule has 0 saturated carbocycles. The molecule has 0 spiro atoms. The quantitative estimate of drug-likeness (QED) is 0.551. The molecule has 7 heteroatoms. The summed E-state index contributed by atoms with van der Waals surface area (Å²) in [7, 11) is 0. The Morgan fingerprint density at radius 1 is 1.00 bits per heavy atom. The Labute approximate surface area is 148 Å². The molecule has 2 rings (SSSR count). The van der Waals surface area contributed by atoms with Gasteiger partial charge in [0.25, 0.3) is 0 Å². The number of carbonyl (C=O) groups excluding carboxylic acids is 2. The molecular weight excluding hydrogens is 349 g/mol. The third-order valence-corrected chi connectivity index (χ3v) is 3.55. The molecule has 138 valence electrons. The summed E-state index contributed by atoms with van der Waals surface area (Å²) in [5, 5.41) is 0. The second-order valence-electron chi connectivity index (χ2n) is 5.47. The minimum Gasteiger partial charge on any atom is -0.489 e. The van der Waals surface area contributed by atoms with Crippen molar-refractivity contribution in [2.75, 3.05) is 6.61 Å². The highest BCUT2D eigenvalue weighted by Gasteiger charge is 2.29. The molecule has 0 aliphatic heterocycles. The average molecular weight is 366 g/mol. The maximum Gasteiger partial charge on any atom is 0.416 e. The van der Waals surface area contributed by atoms with Crippen LogP contribution in [0.15, 0.2) is 42.5 Å². The van der Waals surface area contributed by atoms with Crippen molar-refractivity contribution in [3.63, 3.8) is 0 Å². The summed E-state index contributed by atoms with van der Waals surface area (Å²) < 4.78 is 48.1. The molecule has 0 radical (unpaired) electrons. The normalized spacial score (nSPS) is 11.1. The van der Waals surface area contributed by atoms with E-state index in [1.807, 2.05) is 0 Å². The lowest BCUT2D eigenvalue weighted by atomic mass is 10.0. The smallest absolute Gasteiger partial charge is 0.416 e. The van der Waals surface area contributed by atoms with E-state index in [0.717, 1.165) is 12.1 Å². The minimum absolute atomic E-state index is 0.0137. The van der Waals surface area contributed by atoms with E-state index in [9.17, 15) is 22.8 Å². The fourth-order valence-electron chi connectivity index (χ4n) is 2.25. The summed E-state index contributed by atoms with van der Waals surface area (Å²) in [5.74, 6) is -0.627.